The van der Waals surface area contributed by atoms with Gasteiger partial charge in [-0.2, -0.15) is 0 Å². The van der Waals surface area contributed by atoms with Crippen LogP contribution in [0.25, 0.3) is 0 Å². The molecule has 0 aliphatic rings. The molecule has 3 N–H and O–H groups in total. The molecule has 1 aromatic carbocycles. The van der Waals surface area contributed by atoms with Crippen LogP contribution in [-0.2, 0) is 0 Å². The molecule has 19 heavy (non-hydrogen) atoms. The topological polar surface area (TPSA) is 47.3 Å². The Morgan fingerprint density at radius 3 is 2.53 bits per heavy atom. The van der Waals surface area contributed by atoms with Crippen molar-refractivity contribution in [3.8, 4) is 5.75 Å². The number of hydrogen-bond acceptors (Lipinski definition) is 4. The number of nitrogen functional groups attached to an aromatic ring is 1. The molecule has 0 fully saturated rings. The fourth-order valence-electron chi connectivity index (χ4n) is 2.23. The van der Waals surface area contributed by atoms with E-state index in [0.717, 1.165) is 11.4 Å². The summed E-state index contributed by atoms with van der Waals surface area (Å²) >= 11 is 1.83. The number of ether oxygens (including phenoxy) is 1. The summed E-state index contributed by atoms with van der Waals surface area (Å²) < 4.78 is 5.23. The van der Waals surface area contributed by atoms with Gasteiger partial charge < -0.3 is 15.8 Å². The van der Waals surface area contributed by atoms with E-state index in [1.807, 2.05) is 29.5 Å². The van der Waals surface area contributed by atoms with E-state index in [1.165, 1.54) is 15.3 Å². The van der Waals surface area contributed by atoms with Crippen LogP contribution in [0.5, 0.6) is 5.75 Å². The smallest absolute Gasteiger partial charge is 0.122 e. The van der Waals surface area contributed by atoms with Crippen molar-refractivity contribution < 1.29 is 4.74 Å². The van der Waals surface area contributed by atoms with E-state index in [4.69, 9.17) is 10.5 Å². The molecule has 0 amide bonds. The number of aryl methyl sites for hydroxylation is 2. The predicted octanol–water partition coefficient (Wildman–Crippen LogP) is 4.13. The average molecular weight is 276 g/mol. The first-order valence-corrected chi connectivity index (χ1v) is 7.09. The van der Waals surface area contributed by atoms with Crippen molar-refractivity contribution in [2.24, 2.45) is 0 Å². The Hall–Kier alpha value is -1.68. The van der Waals surface area contributed by atoms with Gasteiger partial charge >= 0.3 is 0 Å². The fraction of sp³-hybridized carbons (Fsp3) is 0.333. The second kappa shape index (κ2) is 5.53. The van der Waals surface area contributed by atoms with Crippen molar-refractivity contribution in [2.45, 2.75) is 26.8 Å². The van der Waals surface area contributed by atoms with Gasteiger partial charge in [-0.05, 0) is 38.5 Å². The van der Waals surface area contributed by atoms with E-state index >= 15 is 0 Å². The summed E-state index contributed by atoms with van der Waals surface area (Å²) in [6, 6.07) is 8.18. The SMILES string of the molecule is COc1cc(N)cc(NC(C)c2cc(C)sc2C)c1. The number of thiophene rings is 1. The minimum absolute atomic E-state index is 0.247. The van der Waals surface area contributed by atoms with E-state index in [1.54, 1.807) is 7.11 Å². The first-order valence-electron chi connectivity index (χ1n) is 6.27. The summed E-state index contributed by atoms with van der Waals surface area (Å²) in [5.41, 5.74) is 8.88. The Morgan fingerprint density at radius 2 is 1.95 bits per heavy atom. The summed E-state index contributed by atoms with van der Waals surface area (Å²) in [6.07, 6.45) is 0. The molecule has 4 heteroatoms. The molecular weight excluding hydrogens is 256 g/mol. The van der Waals surface area contributed by atoms with Crippen LogP contribution in [0.15, 0.2) is 24.3 Å². The minimum Gasteiger partial charge on any atom is -0.497 e. The van der Waals surface area contributed by atoms with Gasteiger partial charge in [-0.25, -0.2) is 0 Å². The van der Waals surface area contributed by atoms with Gasteiger partial charge in [-0.15, -0.1) is 11.3 Å². The highest BCUT2D eigenvalue weighted by molar-refractivity contribution is 7.12. The lowest BCUT2D eigenvalue weighted by molar-refractivity contribution is 0.415. The van der Waals surface area contributed by atoms with Gasteiger partial charge in [-0.1, -0.05) is 0 Å². The van der Waals surface area contributed by atoms with E-state index in [-0.39, 0.29) is 6.04 Å². The highest BCUT2D eigenvalue weighted by atomic mass is 32.1. The zero-order valence-corrected chi connectivity index (χ0v) is 12.6. The summed E-state index contributed by atoms with van der Waals surface area (Å²) in [5, 5.41) is 3.47. The van der Waals surface area contributed by atoms with Crippen LogP contribution in [0.1, 0.15) is 28.3 Å². The highest BCUT2D eigenvalue weighted by Crippen LogP contribution is 2.30. The first-order chi connectivity index (χ1) is 8.99. The Balaban J connectivity index is 2.21. The standard InChI is InChI=1S/C15H20N2OS/c1-9-5-15(11(3)19-9)10(2)17-13-6-12(16)7-14(8-13)18-4/h5-8,10,17H,16H2,1-4H3. The monoisotopic (exact) mass is 276 g/mol. The van der Waals surface area contributed by atoms with Crippen LogP contribution >= 0.6 is 11.3 Å². The molecule has 0 aliphatic carbocycles. The van der Waals surface area contributed by atoms with Crippen LogP contribution < -0.4 is 15.8 Å². The van der Waals surface area contributed by atoms with Gasteiger partial charge in [0.15, 0.2) is 0 Å². The Bertz CT molecular complexity index is 578. The quantitative estimate of drug-likeness (QED) is 0.825. The second-order valence-corrected chi connectivity index (χ2v) is 6.19. The maximum atomic E-state index is 5.87. The summed E-state index contributed by atoms with van der Waals surface area (Å²) in [7, 11) is 1.65. The average Bonchev–Trinajstić information content (AvgIpc) is 2.67. The molecule has 1 unspecified atom stereocenters. The molecule has 1 heterocycles. The van der Waals surface area contributed by atoms with Crippen LogP contribution in [-0.4, -0.2) is 7.11 Å². The molecule has 102 valence electrons. The Morgan fingerprint density at radius 1 is 1.21 bits per heavy atom. The fourth-order valence-corrected chi connectivity index (χ4v) is 3.25. The van der Waals surface area contributed by atoms with Crippen LogP contribution in [0.2, 0.25) is 0 Å². The molecule has 0 spiro atoms. The number of benzene rings is 1. The molecule has 3 nitrogen and oxygen atoms in total. The predicted molar refractivity (Wildman–Crippen MR) is 83.2 cm³/mol. The van der Waals surface area contributed by atoms with Crippen LogP contribution in [0, 0.1) is 13.8 Å². The molecular formula is C15H20N2OS. The first kappa shape index (κ1) is 13.7. The third-order valence-corrected chi connectivity index (χ3v) is 4.08. The van der Waals surface area contributed by atoms with Gasteiger partial charge in [0.1, 0.15) is 5.75 Å². The lowest BCUT2D eigenvalue weighted by Crippen LogP contribution is -2.07. The normalized spacial score (nSPS) is 12.2. The number of nitrogens with one attached hydrogen (secondary N) is 1. The summed E-state index contributed by atoms with van der Waals surface area (Å²) in [6.45, 7) is 6.45. The third-order valence-electron chi connectivity index (χ3n) is 3.09. The zero-order valence-electron chi connectivity index (χ0n) is 11.8. The lowest BCUT2D eigenvalue weighted by atomic mass is 10.1. The van der Waals surface area contributed by atoms with Crippen LogP contribution in [0.3, 0.4) is 0 Å². The number of methoxy groups -OCH3 is 1. The number of nitrogens with two attached hydrogens (primary N) is 1. The molecule has 0 radical (unpaired) electrons. The van der Waals surface area contributed by atoms with E-state index in [0.29, 0.717) is 5.69 Å². The van der Waals surface area contributed by atoms with Crippen molar-refractivity contribution in [2.75, 3.05) is 18.2 Å². The molecule has 0 saturated heterocycles. The Kier molecular flexibility index (Phi) is 4.00. The molecule has 0 bridgehead atoms. The second-order valence-electron chi connectivity index (χ2n) is 4.73. The van der Waals surface area contributed by atoms with Gasteiger partial charge in [0.25, 0.3) is 0 Å². The Labute approximate surface area is 118 Å². The maximum absolute atomic E-state index is 5.87. The van der Waals surface area contributed by atoms with Gasteiger partial charge in [-0.3, -0.25) is 0 Å². The van der Waals surface area contributed by atoms with Gasteiger partial charge in [0.2, 0.25) is 0 Å². The van der Waals surface area contributed by atoms with Crippen LogP contribution in [0.4, 0.5) is 11.4 Å². The summed E-state index contributed by atoms with van der Waals surface area (Å²) in [5.74, 6) is 0.771. The minimum atomic E-state index is 0.247. The molecule has 2 aromatic rings. The molecule has 0 saturated carbocycles. The van der Waals surface area contributed by atoms with Crippen molar-refractivity contribution in [3.63, 3.8) is 0 Å². The lowest BCUT2D eigenvalue weighted by Gasteiger charge is -2.16. The van der Waals surface area contributed by atoms with E-state index in [9.17, 15) is 0 Å². The van der Waals surface area contributed by atoms with Gasteiger partial charge in [0.05, 0.1) is 7.11 Å². The van der Waals surface area contributed by atoms with Crippen molar-refractivity contribution >= 4 is 22.7 Å². The molecule has 1 atom stereocenters. The van der Waals surface area contributed by atoms with Crippen molar-refractivity contribution in [3.05, 3.63) is 39.6 Å². The molecule has 0 aliphatic heterocycles. The summed E-state index contributed by atoms with van der Waals surface area (Å²) in [4.78, 5) is 2.69. The number of hydrogen-bond donors (Lipinski definition) is 2. The highest BCUT2D eigenvalue weighted by Gasteiger charge is 2.11. The molecule has 1 aromatic heterocycles. The zero-order chi connectivity index (χ0) is 14.0. The van der Waals surface area contributed by atoms with Gasteiger partial charge in [0, 0.05) is 39.3 Å². The van der Waals surface area contributed by atoms with E-state index < -0.39 is 0 Å². The third kappa shape index (κ3) is 3.20. The largest absolute Gasteiger partial charge is 0.497 e. The molecule has 2 rings (SSSR count). The van der Waals surface area contributed by atoms with Crippen molar-refractivity contribution in [1.29, 1.82) is 0 Å². The number of anilines is 2. The van der Waals surface area contributed by atoms with E-state index in [2.05, 4.69) is 32.2 Å². The number of rotatable bonds is 4. The van der Waals surface area contributed by atoms with Crippen molar-refractivity contribution in [1.82, 2.24) is 0 Å². The maximum Gasteiger partial charge on any atom is 0.122 e.